The van der Waals surface area contributed by atoms with Gasteiger partial charge in [0.2, 0.25) is 0 Å². The lowest BCUT2D eigenvalue weighted by Gasteiger charge is -2.11. The SMILES string of the molecule is Cc1ccccc1Oc1cc(NC(=O)c2c(Br)c(C(F)(F)F)nn2C)cc([N+](=O)[O-])c1. The lowest BCUT2D eigenvalue weighted by molar-refractivity contribution is -0.384. The van der Waals surface area contributed by atoms with E-state index in [4.69, 9.17) is 4.74 Å². The van der Waals surface area contributed by atoms with Gasteiger partial charge in [-0.05, 0) is 34.5 Å². The Kier molecular flexibility index (Phi) is 6.02. The van der Waals surface area contributed by atoms with Crippen LogP contribution < -0.4 is 10.1 Å². The topological polar surface area (TPSA) is 99.3 Å². The molecule has 0 atom stereocenters. The van der Waals surface area contributed by atoms with Crippen LogP contribution in [0.5, 0.6) is 11.5 Å². The first-order valence-corrected chi connectivity index (χ1v) is 9.40. The number of alkyl halides is 3. The second-order valence-corrected chi connectivity index (χ2v) is 7.22. The Bertz CT molecular complexity index is 1180. The summed E-state index contributed by atoms with van der Waals surface area (Å²) in [5.74, 6) is -0.428. The molecule has 12 heteroatoms. The number of hydrogen-bond acceptors (Lipinski definition) is 5. The van der Waals surface area contributed by atoms with Crippen LogP contribution >= 0.6 is 15.9 Å². The zero-order valence-corrected chi connectivity index (χ0v) is 17.6. The molecule has 1 amide bonds. The number of para-hydroxylation sites is 1. The van der Waals surface area contributed by atoms with Crippen molar-refractivity contribution < 1.29 is 27.6 Å². The van der Waals surface area contributed by atoms with Gasteiger partial charge in [-0.3, -0.25) is 19.6 Å². The number of halogens is 4. The fraction of sp³-hybridized carbons (Fsp3) is 0.158. The van der Waals surface area contributed by atoms with Crippen molar-refractivity contribution in [3.63, 3.8) is 0 Å². The van der Waals surface area contributed by atoms with E-state index in [0.717, 1.165) is 16.3 Å². The van der Waals surface area contributed by atoms with Gasteiger partial charge in [0.15, 0.2) is 5.69 Å². The lowest BCUT2D eigenvalue weighted by atomic mass is 10.2. The number of nitro groups is 1. The number of benzene rings is 2. The van der Waals surface area contributed by atoms with Crippen LogP contribution in [0.25, 0.3) is 0 Å². The summed E-state index contributed by atoms with van der Waals surface area (Å²) in [6.45, 7) is 1.79. The standard InChI is InChI=1S/C19H14BrF3N4O4/c1-10-5-3-4-6-14(10)31-13-8-11(7-12(9-13)27(29)30)24-18(28)16-15(20)17(19(21,22)23)25-26(16)2/h3-9H,1-2H3,(H,24,28). The van der Waals surface area contributed by atoms with E-state index in [-0.39, 0.29) is 17.1 Å². The molecule has 1 aromatic heterocycles. The number of carbonyl (C=O) groups is 1. The zero-order chi connectivity index (χ0) is 22.9. The number of nitrogens with zero attached hydrogens (tertiary/aromatic N) is 3. The molecule has 0 fully saturated rings. The Balaban J connectivity index is 1.95. The maximum atomic E-state index is 13.0. The Morgan fingerprint density at radius 2 is 1.94 bits per heavy atom. The molecular weight excluding hydrogens is 485 g/mol. The fourth-order valence-electron chi connectivity index (χ4n) is 2.73. The van der Waals surface area contributed by atoms with Crippen molar-refractivity contribution >= 4 is 33.2 Å². The van der Waals surface area contributed by atoms with Gasteiger partial charge in [-0.2, -0.15) is 18.3 Å². The van der Waals surface area contributed by atoms with Crippen LogP contribution in [0.15, 0.2) is 46.9 Å². The van der Waals surface area contributed by atoms with Crippen molar-refractivity contribution in [1.29, 1.82) is 0 Å². The third-order valence-corrected chi connectivity index (χ3v) is 4.91. The van der Waals surface area contributed by atoms with E-state index in [1.54, 1.807) is 31.2 Å². The van der Waals surface area contributed by atoms with E-state index in [1.165, 1.54) is 19.2 Å². The predicted octanol–water partition coefficient (Wildman–Crippen LogP) is 5.46. The predicted molar refractivity (Wildman–Crippen MR) is 108 cm³/mol. The molecule has 0 spiro atoms. The highest BCUT2D eigenvalue weighted by molar-refractivity contribution is 9.10. The normalized spacial score (nSPS) is 11.3. The number of nitrogens with one attached hydrogen (secondary N) is 1. The molecule has 0 saturated heterocycles. The number of amides is 1. The summed E-state index contributed by atoms with van der Waals surface area (Å²) in [7, 11) is 1.18. The number of aryl methyl sites for hydroxylation is 2. The summed E-state index contributed by atoms with van der Waals surface area (Å²) in [6.07, 6.45) is -4.77. The van der Waals surface area contributed by atoms with Crippen LogP contribution in [0, 0.1) is 17.0 Å². The molecule has 0 aliphatic rings. The van der Waals surface area contributed by atoms with E-state index < -0.39 is 32.9 Å². The smallest absolute Gasteiger partial charge is 0.436 e. The monoisotopic (exact) mass is 498 g/mol. The molecule has 0 aliphatic carbocycles. The average molecular weight is 499 g/mol. The van der Waals surface area contributed by atoms with Gasteiger partial charge in [0.1, 0.15) is 17.2 Å². The van der Waals surface area contributed by atoms with Crippen LogP contribution in [0.4, 0.5) is 24.5 Å². The first-order chi connectivity index (χ1) is 14.5. The first kappa shape index (κ1) is 22.3. The molecule has 3 aromatic rings. The maximum absolute atomic E-state index is 13.0. The Hall–Kier alpha value is -3.41. The number of carbonyl (C=O) groups excluding carboxylic acids is 1. The third-order valence-electron chi connectivity index (χ3n) is 4.15. The zero-order valence-electron chi connectivity index (χ0n) is 16.0. The largest absolute Gasteiger partial charge is 0.457 e. The van der Waals surface area contributed by atoms with Crippen LogP contribution in [-0.4, -0.2) is 20.6 Å². The molecule has 8 nitrogen and oxygen atoms in total. The first-order valence-electron chi connectivity index (χ1n) is 8.61. The van der Waals surface area contributed by atoms with E-state index >= 15 is 0 Å². The average Bonchev–Trinajstić information content (AvgIpc) is 2.98. The van der Waals surface area contributed by atoms with Gasteiger partial charge in [0.25, 0.3) is 11.6 Å². The van der Waals surface area contributed by atoms with E-state index in [9.17, 15) is 28.1 Å². The number of aromatic nitrogens is 2. The molecule has 0 radical (unpaired) electrons. The molecule has 0 unspecified atom stereocenters. The molecule has 3 rings (SSSR count). The third kappa shape index (κ3) is 4.85. The highest BCUT2D eigenvalue weighted by Gasteiger charge is 2.39. The van der Waals surface area contributed by atoms with Gasteiger partial charge in [0.05, 0.1) is 21.1 Å². The van der Waals surface area contributed by atoms with Crippen LogP contribution in [0.2, 0.25) is 0 Å². The number of nitro benzene ring substituents is 1. The molecule has 0 aliphatic heterocycles. The summed E-state index contributed by atoms with van der Waals surface area (Å²) in [6, 6.07) is 10.5. The molecule has 1 heterocycles. The van der Waals surface area contributed by atoms with E-state index in [0.29, 0.717) is 5.75 Å². The highest BCUT2D eigenvalue weighted by atomic mass is 79.9. The molecule has 1 N–H and O–H groups in total. The van der Waals surface area contributed by atoms with Crippen molar-refractivity contribution in [2.75, 3.05) is 5.32 Å². The van der Waals surface area contributed by atoms with Crippen molar-refractivity contribution in [1.82, 2.24) is 9.78 Å². The maximum Gasteiger partial charge on any atom is 0.436 e. The minimum absolute atomic E-state index is 0.0376. The number of anilines is 1. The summed E-state index contributed by atoms with van der Waals surface area (Å²) in [5, 5.41) is 17.0. The van der Waals surface area contributed by atoms with E-state index in [1.807, 2.05) is 0 Å². The second kappa shape index (κ2) is 8.38. The molecule has 2 aromatic carbocycles. The molecule has 162 valence electrons. The lowest BCUT2D eigenvalue weighted by Crippen LogP contribution is -2.16. The fourth-order valence-corrected chi connectivity index (χ4v) is 3.47. The van der Waals surface area contributed by atoms with Gasteiger partial charge in [-0.25, -0.2) is 0 Å². The van der Waals surface area contributed by atoms with Crippen molar-refractivity contribution in [2.24, 2.45) is 7.05 Å². The van der Waals surface area contributed by atoms with Crippen LogP contribution in [-0.2, 0) is 13.2 Å². The minimum atomic E-state index is -4.77. The summed E-state index contributed by atoms with van der Waals surface area (Å²) < 4.78 is 45.0. The number of rotatable bonds is 5. The number of hydrogen-bond donors (Lipinski definition) is 1. The number of non-ortho nitro benzene ring substituents is 1. The quantitative estimate of drug-likeness (QED) is 0.371. The van der Waals surface area contributed by atoms with Crippen molar-refractivity contribution in [2.45, 2.75) is 13.1 Å². The van der Waals surface area contributed by atoms with Gasteiger partial charge < -0.3 is 10.1 Å². The van der Waals surface area contributed by atoms with Gasteiger partial charge in [0, 0.05) is 19.2 Å². The van der Waals surface area contributed by atoms with Crippen molar-refractivity contribution in [3.05, 3.63) is 74.0 Å². The van der Waals surface area contributed by atoms with Crippen molar-refractivity contribution in [3.8, 4) is 11.5 Å². The Morgan fingerprint density at radius 3 is 2.52 bits per heavy atom. The second-order valence-electron chi connectivity index (χ2n) is 6.43. The Labute approximate surface area is 181 Å². The van der Waals surface area contributed by atoms with Crippen LogP contribution in [0.1, 0.15) is 21.7 Å². The summed E-state index contributed by atoms with van der Waals surface area (Å²) in [5.41, 5.74) is -1.30. The Morgan fingerprint density at radius 1 is 1.26 bits per heavy atom. The number of ether oxygens (including phenoxy) is 1. The molecule has 31 heavy (non-hydrogen) atoms. The highest BCUT2D eigenvalue weighted by Crippen LogP contribution is 2.36. The molecule has 0 saturated carbocycles. The summed E-state index contributed by atoms with van der Waals surface area (Å²) >= 11 is 2.76. The van der Waals surface area contributed by atoms with E-state index in [2.05, 4.69) is 26.3 Å². The molecule has 0 bridgehead atoms. The van der Waals surface area contributed by atoms with Gasteiger partial charge in [-0.1, -0.05) is 18.2 Å². The summed E-state index contributed by atoms with van der Waals surface area (Å²) in [4.78, 5) is 23.2. The van der Waals surface area contributed by atoms with Crippen LogP contribution in [0.3, 0.4) is 0 Å². The van der Waals surface area contributed by atoms with Gasteiger partial charge in [-0.15, -0.1) is 0 Å². The van der Waals surface area contributed by atoms with Gasteiger partial charge >= 0.3 is 6.18 Å². The molecular formula is C19H14BrF3N4O4. The minimum Gasteiger partial charge on any atom is -0.457 e.